The number of hydrogen-bond acceptors (Lipinski definition) is 15. The molecule has 4 unspecified atom stereocenters. The SMILES string of the molecule is COc1cccc(OC)c1-c1cc(C(=O)NC2(C(=O)O)CCC3CC(C)CC2C3)nn1-c1ccc(C(=O)N(C)CCCN(C)CCCN(C)C(=O)CN2CCN(CC(=O)O)CCN(CC(=O)O)CCN(CC(=O)O)CC2)cc1C(C)C. The predicted octanol–water partition coefficient (Wildman–Crippen LogP) is 3.80. The number of methoxy groups -OCH3 is 2. The van der Waals surface area contributed by atoms with Crippen molar-refractivity contribution in [3.63, 3.8) is 0 Å². The van der Waals surface area contributed by atoms with Crippen LogP contribution in [0.1, 0.15) is 98.0 Å². The van der Waals surface area contributed by atoms with Crippen molar-refractivity contribution in [3.8, 4) is 28.4 Å². The highest BCUT2D eigenvalue weighted by Crippen LogP contribution is 2.48. The van der Waals surface area contributed by atoms with Crippen LogP contribution < -0.4 is 14.8 Å². The second-order valence-electron chi connectivity index (χ2n) is 22.8. The topological polar surface area (TPSA) is 271 Å². The number of benzene rings is 2. The van der Waals surface area contributed by atoms with Gasteiger partial charge in [-0.05, 0) is 131 Å². The highest BCUT2D eigenvalue weighted by Gasteiger charge is 2.53. The van der Waals surface area contributed by atoms with Crippen LogP contribution in [0.5, 0.6) is 11.5 Å². The lowest BCUT2D eigenvalue weighted by Gasteiger charge is -2.48. The first kappa shape index (κ1) is 63.5. The van der Waals surface area contributed by atoms with Crippen LogP contribution >= 0.6 is 0 Å². The molecule has 3 aromatic rings. The van der Waals surface area contributed by atoms with Gasteiger partial charge in [0.05, 0.1) is 57.3 Å². The minimum absolute atomic E-state index is 0.0269. The van der Waals surface area contributed by atoms with Gasteiger partial charge in [-0.1, -0.05) is 26.8 Å². The molecule has 5 N–H and O–H groups in total. The molecule has 1 saturated heterocycles. The van der Waals surface area contributed by atoms with Gasteiger partial charge in [-0.2, -0.15) is 5.10 Å². The molecule has 3 fully saturated rings. The number of carboxylic acid groups (broad SMARTS) is 4. The lowest BCUT2D eigenvalue weighted by Crippen LogP contribution is -2.62. The normalized spacial score (nSPS) is 20.7. The molecule has 0 spiro atoms. The van der Waals surface area contributed by atoms with E-state index in [0.717, 1.165) is 24.8 Å². The van der Waals surface area contributed by atoms with Gasteiger partial charge in [0.15, 0.2) is 5.69 Å². The van der Waals surface area contributed by atoms with Gasteiger partial charge in [-0.25, -0.2) is 9.48 Å². The highest BCUT2D eigenvalue weighted by molar-refractivity contribution is 5.98. The van der Waals surface area contributed by atoms with Crippen LogP contribution in [0.25, 0.3) is 16.9 Å². The van der Waals surface area contributed by atoms with Gasteiger partial charge in [0.25, 0.3) is 11.8 Å². The van der Waals surface area contributed by atoms with E-state index in [1.165, 1.54) is 0 Å². The fourth-order valence-corrected chi connectivity index (χ4v) is 11.9. The van der Waals surface area contributed by atoms with Gasteiger partial charge in [0, 0.05) is 85.1 Å². The van der Waals surface area contributed by atoms with E-state index in [9.17, 15) is 54.0 Å². The number of aromatic nitrogens is 2. The van der Waals surface area contributed by atoms with E-state index in [2.05, 4.69) is 17.1 Å². The maximum Gasteiger partial charge on any atom is 0.329 e. The number of rotatable bonds is 25. The largest absolute Gasteiger partial charge is 0.496 e. The van der Waals surface area contributed by atoms with Gasteiger partial charge in [-0.3, -0.25) is 48.4 Å². The van der Waals surface area contributed by atoms with Crippen LogP contribution in [0, 0.1) is 17.8 Å². The molecule has 446 valence electrons. The van der Waals surface area contributed by atoms with E-state index in [0.29, 0.717) is 124 Å². The van der Waals surface area contributed by atoms with E-state index in [1.807, 2.05) is 37.9 Å². The van der Waals surface area contributed by atoms with Crippen LogP contribution in [-0.4, -0.2) is 252 Å². The third kappa shape index (κ3) is 17.2. The summed E-state index contributed by atoms with van der Waals surface area (Å²) in [6, 6.07) is 12.4. The number of carbonyl (C=O) groups excluding carboxylic acids is 3. The van der Waals surface area contributed by atoms with Crippen molar-refractivity contribution >= 4 is 41.6 Å². The second-order valence-corrected chi connectivity index (χ2v) is 22.8. The molecule has 2 aromatic carbocycles. The Bertz CT molecular complexity index is 2630. The van der Waals surface area contributed by atoms with Crippen molar-refractivity contribution in [2.45, 2.75) is 77.2 Å². The van der Waals surface area contributed by atoms with Crippen LogP contribution in [0.15, 0.2) is 42.5 Å². The molecule has 81 heavy (non-hydrogen) atoms. The second kappa shape index (κ2) is 29.4. The van der Waals surface area contributed by atoms with Gasteiger partial charge < -0.3 is 49.9 Å². The van der Waals surface area contributed by atoms with E-state index in [4.69, 9.17) is 14.6 Å². The molecule has 23 nitrogen and oxygen atoms in total. The Balaban J connectivity index is 1.07. The zero-order valence-electron chi connectivity index (χ0n) is 48.6. The molecule has 1 aliphatic heterocycles. The summed E-state index contributed by atoms with van der Waals surface area (Å²) >= 11 is 0. The lowest BCUT2D eigenvalue weighted by molar-refractivity contribution is -0.151. The summed E-state index contributed by atoms with van der Waals surface area (Å²) in [7, 11) is 8.58. The standard InChI is InChI=1S/C58H86N10O13/c1-39(2)44-33-42(14-15-46(44)68-47(54-48(80-7)12-9-13-49(54)81-8)34-45(60-68)55(76)59-58(57(78)79)17-16-41-30-40(3)31-43(58)32-41)56(77)63(6)21-11-19-61(4)18-10-20-62(5)50(69)35-64-22-24-65(36-51(70)71)26-28-67(38-53(74)75)29-27-66(25-23-64)37-52(72)73/h9,12-15,33-34,39-41,43H,10-11,16-32,35-38H2,1-8H3,(H,59,76)(H,70,71)(H,72,73)(H,74,75)(H,78,79). The number of amides is 3. The van der Waals surface area contributed by atoms with Crippen molar-refractivity contribution in [1.29, 1.82) is 0 Å². The molecular formula is C58H86N10O13. The third-order valence-corrected chi connectivity index (χ3v) is 16.4. The van der Waals surface area contributed by atoms with Crippen LogP contribution in [0.3, 0.4) is 0 Å². The Kier molecular flexibility index (Phi) is 23.0. The highest BCUT2D eigenvalue weighted by atomic mass is 16.5. The van der Waals surface area contributed by atoms with Crippen molar-refractivity contribution in [3.05, 3.63) is 59.3 Å². The Hall–Kier alpha value is -6.66. The first-order valence-corrected chi connectivity index (χ1v) is 28.3. The smallest absolute Gasteiger partial charge is 0.329 e. The molecule has 2 heterocycles. The van der Waals surface area contributed by atoms with Crippen LogP contribution in [0.4, 0.5) is 0 Å². The molecule has 2 saturated carbocycles. The Morgan fingerprint density at radius 3 is 1.70 bits per heavy atom. The first-order valence-electron chi connectivity index (χ1n) is 28.3. The maximum atomic E-state index is 14.4. The lowest BCUT2D eigenvalue weighted by atomic mass is 9.60. The molecule has 3 aliphatic rings. The molecule has 4 atom stereocenters. The third-order valence-electron chi connectivity index (χ3n) is 16.4. The molecule has 6 rings (SSSR count). The van der Waals surface area contributed by atoms with Crippen LogP contribution in [0.2, 0.25) is 0 Å². The monoisotopic (exact) mass is 1130 g/mol. The number of ether oxygens (including phenoxy) is 2. The quantitative estimate of drug-likeness (QED) is 0.0807. The van der Waals surface area contributed by atoms with E-state index in [-0.39, 0.29) is 81.7 Å². The Labute approximate surface area is 475 Å². The zero-order valence-corrected chi connectivity index (χ0v) is 48.6. The number of aliphatic carboxylic acids is 4. The molecule has 23 heteroatoms. The molecule has 0 radical (unpaired) electrons. The number of carboxylic acids is 4. The van der Waals surface area contributed by atoms with E-state index >= 15 is 0 Å². The predicted molar refractivity (Wildman–Crippen MR) is 303 cm³/mol. The average molecular weight is 1130 g/mol. The molecule has 1 aromatic heterocycles. The molecular weight excluding hydrogens is 1040 g/mol. The number of hydrogen-bond donors (Lipinski definition) is 5. The molecule has 3 amide bonds. The average Bonchev–Trinajstić information content (AvgIpc) is 4.12. The summed E-state index contributed by atoms with van der Waals surface area (Å²) in [6.07, 6.45) is 4.95. The summed E-state index contributed by atoms with van der Waals surface area (Å²) in [5.74, 6) is -3.57. The minimum atomic E-state index is -1.42. The minimum Gasteiger partial charge on any atom is -0.496 e. The first-order chi connectivity index (χ1) is 38.5. The fourth-order valence-electron chi connectivity index (χ4n) is 11.9. The zero-order chi connectivity index (χ0) is 59.1. The summed E-state index contributed by atoms with van der Waals surface area (Å²) in [4.78, 5) is 103. The van der Waals surface area contributed by atoms with Crippen molar-refractivity contribution in [2.24, 2.45) is 17.8 Å². The Morgan fingerprint density at radius 2 is 1.21 bits per heavy atom. The van der Waals surface area contributed by atoms with Gasteiger partial charge >= 0.3 is 23.9 Å². The van der Waals surface area contributed by atoms with Crippen molar-refractivity contribution < 1.29 is 63.5 Å². The van der Waals surface area contributed by atoms with E-state index < -0.39 is 35.3 Å². The van der Waals surface area contributed by atoms with Crippen LogP contribution in [-0.2, 0) is 24.0 Å². The van der Waals surface area contributed by atoms with Crippen molar-refractivity contribution in [1.82, 2.24) is 49.4 Å². The van der Waals surface area contributed by atoms with Crippen molar-refractivity contribution in [2.75, 3.05) is 140 Å². The number of nitrogens with zero attached hydrogens (tertiary/aromatic N) is 9. The number of fused-ring (bicyclic) bond motifs is 2. The molecule has 2 aliphatic carbocycles. The van der Waals surface area contributed by atoms with Gasteiger partial charge in [-0.15, -0.1) is 0 Å². The summed E-state index contributed by atoms with van der Waals surface area (Å²) in [5.41, 5.74) is 1.49. The summed E-state index contributed by atoms with van der Waals surface area (Å²) in [5, 5.41) is 47.3. The fraction of sp³-hybridized carbons (Fsp3) is 0.621. The summed E-state index contributed by atoms with van der Waals surface area (Å²) < 4.78 is 13.3. The van der Waals surface area contributed by atoms with Gasteiger partial charge in [0.2, 0.25) is 5.91 Å². The maximum absolute atomic E-state index is 14.4. The summed E-state index contributed by atoms with van der Waals surface area (Å²) in [6.45, 7) is 10.3. The number of nitrogens with one attached hydrogen (secondary N) is 1. The molecule has 2 bridgehead atoms. The number of likely N-dealkylation sites (N-methyl/N-ethyl adjacent to an activating group) is 1. The Morgan fingerprint density at radius 1 is 0.691 bits per heavy atom. The number of carbonyl (C=O) groups is 7. The van der Waals surface area contributed by atoms with E-state index in [1.54, 1.807) is 87.8 Å². The van der Waals surface area contributed by atoms with Gasteiger partial charge in [0.1, 0.15) is 17.0 Å².